The monoisotopic (exact) mass is 373 g/mol. The quantitative estimate of drug-likeness (QED) is 0.497. The molecule has 6 nitrogen and oxygen atoms in total. The molecule has 28 heavy (non-hydrogen) atoms. The van der Waals surface area contributed by atoms with E-state index in [1.54, 1.807) is 12.3 Å². The van der Waals surface area contributed by atoms with Crippen LogP contribution in [0, 0.1) is 11.8 Å². The van der Waals surface area contributed by atoms with Gasteiger partial charge in [-0.15, -0.1) is 0 Å². The Balaban J connectivity index is 1.79. The number of anilines is 2. The summed E-state index contributed by atoms with van der Waals surface area (Å²) in [5, 5.41) is 6.91. The fourth-order valence-electron chi connectivity index (χ4n) is 2.73. The van der Waals surface area contributed by atoms with Crippen molar-refractivity contribution < 1.29 is 4.79 Å². The maximum atomic E-state index is 12.0. The van der Waals surface area contributed by atoms with Crippen molar-refractivity contribution in [3.8, 4) is 11.8 Å². The lowest BCUT2D eigenvalue weighted by Gasteiger charge is -2.16. The number of benzene rings is 1. The van der Waals surface area contributed by atoms with E-state index >= 15 is 0 Å². The Kier molecular flexibility index (Phi) is 6.53. The molecule has 0 aliphatic rings. The van der Waals surface area contributed by atoms with Crippen molar-refractivity contribution in [2.75, 3.05) is 10.6 Å². The van der Waals surface area contributed by atoms with Crippen LogP contribution in [0.4, 0.5) is 11.6 Å². The van der Waals surface area contributed by atoms with Gasteiger partial charge in [0.1, 0.15) is 18.0 Å². The van der Waals surface area contributed by atoms with E-state index in [2.05, 4.69) is 63.4 Å². The SMILES string of the molecule is CCCCC#CC(=O)Nc1cc2c(NC(C)c3ccccc3)ncnc2cn1. The van der Waals surface area contributed by atoms with Gasteiger partial charge in [0.05, 0.1) is 11.7 Å². The van der Waals surface area contributed by atoms with Crippen molar-refractivity contribution in [1.29, 1.82) is 0 Å². The summed E-state index contributed by atoms with van der Waals surface area (Å²) in [6, 6.07) is 11.9. The molecule has 1 atom stereocenters. The van der Waals surface area contributed by atoms with Crippen LogP contribution in [0.25, 0.3) is 10.9 Å². The van der Waals surface area contributed by atoms with Crippen LogP contribution in [0.3, 0.4) is 0 Å². The Morgan fingerprint density at radius 3 is 2.79 bits per heavy atom. The first-order valence-corrected chi connectivity index (χ1v) is 9.39. The number of hydrogen-bond donors (Lipinski definition) is 2. The molecule has 0 fully saturated rings. The van der Waals surface area contributed by atoms with Crippen LogP contribution in [0.15, 0.2) is 48.9 Å². The van der Waals surface area contributed by atoms with E-state index < -0.39 is 0 Å². The van der Waals surface area contributed by atoms with Crippen LogP contribution in [0.2, 0.25) is 0 Å². The molecule has 2 aromatic heterocycles. The molecule has 0 saturated carbocycles. The third-order valence-corrected chi connectivity index (χ3v) is 4.27. The number of unbranched alkanes of at least 4 members (excludes halogenated alkanes) is 2. The minimum Gasteiger partial charge on any atom is -0.363 e. The first-order valence-electron chi connectivity index (χ1n) is 9.39. The van der Waals surface area contributed by atoms with Crippen LogP contribution in [0.5, 0.6) is 0 Å². The molecule has 0 spiro atoms. The third-order valence-electron chi connectivity index (χ3n) is 4.27. The van der Waals surface area contributed by atoms with E-state index in [0.717, 1.165) is 23.8 Å². The highest BCUT2D eigenvalue weighted by atomic mass is 16.1. The van der Waals surface area contributed by atoms with Gasteiger partial charge in [0.2, 0.25) is 0 Å². The molecule has 0 saturated heterocycles. The smallest absolute Gasteiger partial charge is 0.301 e. The number of amides is 1. The molecule has 0 bridgehead atoms. The van der Waals surface area contributed by atoms with Crippen molar-refractivity contribution in [1.82, 2.24) is 15.0 Å². The van der Waals surface area contributed by atoms with E-state index in [9.17, 15) is 4.79 Å². The van der Waals surface area contributed by atoms with E-state index in [-0.39, 0.29) is 11.9 Å². The molecule has 0 radical (unpaired) electrons. The maximum Gasteiger partial charge on any atom is 0.301 e. The minimum absolute atomic E-state index is 0.0648. The molecule has 0 aliphatic heterocycles. The topological polar surface area (TPSA) is 79.8 Å². The summed E-state index contributed by atoms with van der Waals surface area (Å²) in [6.45, 7) is 4.16. The second kappa shape index (κ2) is 9.47. The zero-order valence-corrected chi connectivity index (χ0v) is 16.1. The lowest BCUT2D eigenvalue weighted by atomic mass is 10.1. The summed E-state index contributed by atoms with van der Waals surface area (Å²) in [5.74, 6) is 6.21. The van der Waals surface area contributed by atoms with Crippen molar-refractivity contribution in [2.24, 2.45) is 0 Å². The van der Waals surface area contributed by atoms with Gasteiger partial charge in [0, 0.05) is 17.8 Å². The Bertz CT molecular complexity index is 1010. The first kappa shape index (κ1) is 19.3. The summed E-state index contributed by atoms with van der Waals surface area (Å²) in [6.07, 6.45) is 5.88. The zero-order chi connectivity index (χ0) is 19.8. The number of nitrogens with one attached hydrogen (secondary N) is 2. The van der Waals surface area contributed by atoms with Crippen LogP contribution < -0.4 is 10.6 Å². The molecule has 1 amide bonds. The van der Waals surface area contributed by atoms with Crippen molar-refractivity contribution in [3.63, 3.8) is 0 Å². The predicted molar refractivity (Wildman–Crippen MR) is 112 cm³/mol. The van der Waals surface area contributed by atoms with Gasteiger partial charge in [-0.2, -0.15) is 0 Å². The van der Waals surface area contributed by atoms with Crippen LogP contribution >= 0.6 is 0 Å². The summed E-state index contributed by atoms with van der Waals surface area (Å²) in [7, 11) is 0. The minimum atomic E-state index is -0.369. The zero-order valence-electron chi connectivity index (χ0n) is 16.1. The molecule has 3 rings (SSSR count). The molecule has 1 aromatic carbocycles. The molecule has 3 aromatic rings. The van der Waals surface area contributed by atoms with E-state index in [0.29, 0.717) is 23.6 Å². The summed E-state index contributed by atoms with van der Waals surface area (Å²) in [5.41, 5.74) is 1.85. The second-order valence-corrected chi connectivity index (χ2v) is 6.45. The number of aromatic nitrogens is 3. The van der Waals surface area contributed by atoms with E-state index in [1.807, 2.05) is 18.2 Å². The number of rotatable bonds is 6. The van der Waals surface area contributed by atoms with Gasteiger partial charge in [-0.3, -0.25) is 10.1 Å². The number of hydrogen-bond acceptors (Lipinski definition) is 5. The molecule has 6 heteroatoms. The Morgan fingerprint density at radius 2 is 2.00 bits per heavy atom. The van der Waals surface area contributed by atoms with Crippen LogP contribution in [-0.4, -0.2) is 20.9 Å². The molecule has 0 aliphatic carbocycles. The lowest BCUT2D eigenvalue weighted by Crippen LogP contribution is -2.11. The number of carbonyl (C=O) groups is 1. The van der Waals surface area contributed by atoms with Gasteiger partial charge in [0.25, 0.3) is 0 Å². The first-order chi connectivity index (χ1) is 13.7. The normalized spacial score (nSPS) is 11.4. The van der Waals surface area contributed by atoms with Gasteiger partial charge in [-0.05, 0) is 30.9 Å². The number of pyridine rings is 1. The largest absolute Gasteiger partial charge is 0.363 e. The Labute approximate surface area is 164 Å². The standard InChI is InChI=1S/C22H23N5O/c1-3-4-5-9-12-21(28)27-20-13-18-19(14-23-20)24-15-25-22(18)26-16(2)17-10-7-6-8-11-17/h6-8,10-11,13-16H,3-5H2,1-2H3,(H,23,27,28)(H,24,25,26). The molecule has 2 heterocycles. The summed E-state index contributed by atoms with van der Waals surface area (Å²) < 4.78 is 0. The fraction of sp³-hybridized carbons (Fsp3) is 0.273. The van der Waals surface area contributed by atoms with E-state index in [1.165, 1.54) is 6.33 Å². The van der Waals surface area contributed by atoms with Crippen LogP contribution in [-0.2, 0) is 4.79 Å². The van der Waals surface area contributed by atoms with Gasteiger partial charge >= 0.3 is 5.91 Å². The van der Waals surface area contributed by atoms with Crippen molar-refractivity contribution in [2.45, 2.75) is 39.2 Å². The van der Waals surface area contributed by atoms with Crippen molar-refractivity contribution in [3.05, 3.63) is 54.5 Å². The number of carbonyl (C=O) groups excluding carboxylic acids is 1. The predicted octanol–water partition coefficient (Wildman–Crippen LogP) is 4.33. The summed E-state index contributed by atoms with van der Waals surface area (Å²) in [4.78, 5) is 24.9. The van der Waals surface area contributed by atoms with E-state index in [4.69, 9.17) is 0 Å². The molecule has 142 valence electrons. The van der Waals surface area contributed by atoms with Gasteiger partial charge in [0.15, 0.2) is 0 Å². The maximum absolute atomic E-state index is 12.0. The Morgan fingerprint density at radius 1 is 1.18 bits per heavy atom. The molecular formula is C22H23N5O. The van der Waals surface area contributed by atoms with Gasteiger partial charge in [-0.1, -0.05) is 49.6 Å². The highest BCUT2D eigenvalue weighted by Crippen LogP contribution is 2.25. The highest BCUT2D eigenvalue weighted by Gasteiger charge is 2.11. The molecule has 2 N–H and O–H groups in total. The average molecular weight is 373 g/mol. The van der Waals surface area contributed by atoms with Gasteiger partial charge < -0.3 is 5.32 Å². The molecular weight excluding hydrogens is 350 g/mol. The van der Waals surface area contributed by atoms with Gasteiger partial charge in [-0.25, -0.2) is 15.0 Å². The van der Waals surface area contributed by atoms with Crippen LogP contribution in [0.1, 0.15) is 44.7 Å². The van der Waals surface area contributed by atoms with Crippen molar-refractivity contribution >= 4 is 28.4 Å². The number of fused-ring (bicyclic) bond motifs is 1. The second-order valence-electron chi connectivity index (χ2n) is 6.45. The summed E-state index contributed by atoms with van der Waals surface area (Å²) >= 11 is 0. The fourth-order valence-corrected chi connectivity index (χ4v) is 2.73. The average Bonchev–Trinajstić information content (AvgIpc) is 2.72. The Hall–Kier alpha value is -3.46. The number of nitrogens with zero attached hydrogens (tertiary/aromatic N) is 3. The highest BCUT2D eigenvalue weighted by molar-refractivity contribution is 6.04. The lowest BCUT2D eigenvalue weighted by molar-refractivity contribution is -0.111. The molecule has 1 unspecified atom stereocenters. The third kappa shape index (κ3) is 5.04.